The number of carbonyl (C=O) groups is 1. The molecule has 6 heteroatoms. The van der Waals surface area contributed by atoms with E-state index in [2.05, 4.69) is 9.97 Å². The number of amides is 1. The van der Waals surface area contributed by atoms with Gasteiger partial charge in [0.2, 0.25) is 0 Å². The van der Waals surface area contributed by atoms with Crippen molar-refractivity contribution in [3.63, 3.8) is 0 Å². The average Bonchev–Trinajstić information content (AvgIpc) is 3.05. The van der Waals surface area contributed by atoms with Crippen molar-refractivity contribution in [2.45, 2.75) is 51.7 Å². The zero-order valence-corrected chi connectivity index (χ0v) is 16.2. The highest BCUT2D eigenvalue weighted by molar-refractivity contribution is 6.30. The normalized spacial score (nSPS) is 17.4. The average molecular weight is 374 g/mol. The SMILES string of the molecule is CC(C)(C)OC(=O)N1CCC[C@@H]1c1ncncc1Cc1ccc(Cl)cc1. The van der Waals surface area contributed by atoms with Crippen LogP contribution in [0.15, 0.2) is 36.8 Å². The van der Waals surface area contributed by atoms with Gasteiger partial charge in [0.05, 0.1) is 11.7 Å². The number of aromatic nitrogens is 2. The lowest BCUT2D eigenvalue weighted by molar-refractivity contribution is 0.0221. The third-order valence-electron chi connectivity index (χ3n) is 4.33. The molecule has 1 aliphatic heterocycles. The van der Waals surface area contributed by atoms with Crippen molar-refractivity contribution in [2.75, 3.05) is 6.54 Å². The van der Waals surface area contributed by atoms with Crippen LogP contribution < -0.4 is 0 Å². The first-order valence-electron chi connectivity index (χ1n) is 8.86. The van der Waals surface area contributed by atoms with E-state index in [0.717, 1.165) is 29.7 Å². The summed E-state index contributed by atoms with van der Waals surface area (Å²) in [7, 11) is 0. The van der Waals surface area contributed by atoms with Crippen LogP contribution in [0, 0.1) is 0 Å². The second-order valence-corrected chi connectivity index (χ2v) is 8.00. The molecule has 2 heterocycles. The number of rotatable bonds is 3. The highest BCUT2D eigenvalue weighted by Crippen LogP contribution is 2.34. The molecule has 0 saturated carbocycles. The molecule has 0 N–H and O–H groups in total. The van der Waals surface area contributed by atoms with Gasteiger partial charge in [-0.2, -0.15) is 0 Å². The van der Waals surface area contributed by atoms with E-state index in [1.165, 1.54) is 0 Å². The summed E-state index contributed by atoms with van der Waals surface area (Å²) in [5.41, 5.74) is 2.54. The van der Waals surface area contributed by atoms with Gasteiger partial charge in [0.15, 0.2) is 0 Å². The topological polar surface area (TPSA) is 55.3 Å². The number of carbonyl (C=O) groups excluding carboxylic acids is 1. The van der Waals surface area contributed by atoms with Crippen LogP contribution in [0.5, 0.6) is 0 Å². The van der Waals surface area contributed by atoms with Crippen molar-refractivity contribution in [2.24, 2.45) is 0 Å². The van der Waals surface area contributed by atoms with Crippen molar-refractivity contribution in [1.29, 1.82) is 0 Å². The minimum atomic E-state index is -0.512. The van der Waals surface area contributed by atoms with E-state index >= 15 is 0 Å². The minimum Gasteiger partial charge on any atom is -0.444 e. The number of hydrogen-bond acceptors (Lipinski definition) is 4. The van der Waals surface area contributed by atoms with Crippen molar-refractivity contribution in [3.8, 4) is 0 Å². The summed E-state index contributed by atoms with van der Waals surface area (Å²) in [6, 6.07) is 7.68. The van der Waals surface area contributed by atoms with E-state index in [-0.39, 0.29) is 12.1 Å². The highest BCUT2D eigenvalue weighted by atomic mass is 35.5. The first-order valence-corrected chi connectivity index (χ1v) is 9.24. The Labute approximate surface area is 159 Å². The monoisotopic (exact) mass is 373 g/mol. The van der Waals surface area contributed by atoms with Crippen molar-refractivity contribution >= 4 is 17.7 Å². The Balaban J connectivity index is 1.84. The molecule has 138 valence electrons. The van der Waals surface area contributed by atoms with E-state index in [1.807, 2.05) is 51.2 Å². The zero-order chi connectivity index (χ0) is 18.7. The molecule has 0 spiro atoms. The molecule has 1 atom stereocenters. The molecule has 1 aliphatic rings. The molecule has 26 heavy (non-hydrogen) atoms. The van der Waals surface area contributed by atoms with Gasteiger partial charge >= 0.3 is 6.09 Å². The predicted octanol–water partition coefficient (Wildman–Crippen LogP) is 4.79. The van der Waals surface area contributed by atoms with Crippen molar-refractivity contribution in [3.05, 3.63) is 58.6 Å². The van der Waals surface area contributed by atoms with Crippen LogP contribution in [0.3, 0.4) is 0 Å². The Bertz CT molecular complexity index is 771. The van der Waals surface area contributed by atoms with Crippen LogP contribution in [-0.2, 0) is 11.2 Å². The van der Waals surface area contributed by atoms with E-state index < -0.39 is 5.60 Å². The molecule has 1 saturated heterocycles. The molecule has 1 fully saturated rings. The van der Waals surface area contributed by atoms with Crippen LogP contribution in [0.1, 0.15) is 56.5 Å². The predicted molar refractivity (Wildman–Crippen MR) is 101 cm³/mol. The Morgan fingerprint density at radius 3 is 2.73 bits per heavy atom. The molecule has 2 aromatic rings. The first-order chi connectivity index (χ1) is 12.3. The van der Waals surface area contributed by atoms with Crippen LogP contribution in [0.25, 0.3) is 0 Å². The fraction of sp³-hybridized carbons (Fsp3) is 0.450. The van der Waals surface area contributed by atoms with E-state index in [9.17, 15) is 4.79 Å². The Morgan fingerprint density at radius 1 is 1.31 bits per heavy atom. The summed E-state index contributed by atoms with van der Waals surface area (Å²) < 4.78 is 5.57. The molecule has 0 bridgehead atoms. The minimum absolute atomic E-state index is 0.0739. The third-order valence-corrected chi connectivity index (χ3v) is 4.58. The molecule has 0 aliphatic carbocycles. The summed E-state index contributed by atoms with van der Waals surface area (Å²) >= 11 is 5.97. The van der Waals surface area contributed by atoms with Crippen LogP contribution in [0.2, 0.25) is 5.02 Å². The smallest absolute Gasteiger partial charge is 0.410 e. The van der Waals surface area contributed by atoms with Crippen LogP contribution in [-0.4, -0.2) is 33.1 Å². The summed E-state index contributed by atoms with van der Waals surface area (Å²) in [6.07, 6.45) is 5.62. The molecular weight excluding hydrogens is 350 g/mol. The largest absolute Gasteiger partial charge is 0.444 e. The maximum absolute atomic E-state index is 12.6. The second-order valence-electron chi connectivity index (χ2n) is 7.57. The number of likely N-dealkylation sites (tertiary alicyclic amines) is 1. The Morgan fingerprint density at radius 2 is 2.04 bits per heavy atom. The summed E-state index contributed by atoms with van der Waals surface area (Å²) in [5, 5.41) is 0.713. The lowest BCUT2D eigenvalue weighted by Crippen LogP contribution is -2.37. The summed E-state index contributed by atoms with van der Waals surface area (Å²) in [5.74, 6) is 0. The molecule has 0 unspecified atom stereocenters. The Kier molecular flexibility index (Phi) is 5.47. The highest BCUT2D eigenvalue weighted by Gasteiger charge is 2.35. The van der Waals surface area contributed by atoms with E-state index in [4.69, 9.17) is 16.3 Å². The molecule has 1 aromatic heterocycles. The molecule has 5 nitrogen and oxygen atoms in total. The summed E-state index contributed by atoms with van der Waals surface area (Å²) in [4.78, 5) is 23.1. The molecule has 0 radical (unpaired) electrons. The number of benzene rings is 1. The van der Waals surface area contributed by atoms with Crippen LogP contribution >= 0.6 is 11.6 Å². The van der Waals surface area contributed by atoms with Gasteiger partial charge in [-0.3, -0.25) is 4.90 Å². The summed E-state index contributed by atoms with van der Waals surface area (Å²) in [6.45, 7) is 6.33. The van der Waals surface area contributed by atoms with Gasteiger partial charge in [0.25, 0.3) is 0 Å². The fourth-order valence-electron chi connectivity index (χ4n) is 3.22. The maximum Gasteiger partial charge on any atom is 0.410 e. The molecule has 1 amide bonds. The lowest BCUT2D eigenvalue weighted by atomic mass is 10.00. The van der Waals surface area contributed by atoms with E-state index in [1.54, 1.807) is 11.2 Å². The van der Waals surface area contributed by atoms with E-state index in [0.29, 0.717) is 18.0 Å². The second kappa shape index (κ2) is 7.62. The first kappa shape index (κ1) is 18.6. The zero-order valence-electron chi connectivity index (χ0n) is 15.4. The number of nitrogens with zero attached hydrogens (tertiary/aromatic N) is 3. The van der Waals surface area contributed by atoms with Gasteiger partial charge in [-0.1, -0.05) is 23.7 Å². The Hall–Kier alpha value is -2.14. The lowest BCUT2D eigenvalue weighted by Gasteiger charge is -2.29. The molecule has 1 aromatic carbocycles. The van der Waals surface area contributed by atoms with Gasteiger partial charge < -0.3 is 4.74 Å². The van der Waals surface area contributed by atoms with Gasteiger partial charge in [0, 0.05) is 24.2 Å². The van der Waals surface area contributed by atoms with Gasteiger partial charge in [-0.25, -0.2) is 14.8 Å². The van der Waals surface area contributed by atoms with Gasteiger partial charge in [0.1, 0.15) is 11.9 Å². The number of ether oxygens (including phenoxy) is 1. The van der Waals surface area contributed by atoms with Gasteiger partial charge in [-0.05, 0) is 56.9 Å². The fourth-order valence-corrected chi connectivity index (χ4v) is 3.34. The molecule has 3 rings (SSSR count). The standard InChI is InChI=1S/C20H24ClN3O2/c1-20(2,3)26-19(25)24-10-4-5-17(24)18-15(12-22-13-23-18)11-14-6-8-16(21)9-7-14/h6-9,12-13,17H,4-5,10-11H2,1-3H3/t17-/m1/s1. The van der Waals surface area contributed by atoms with Gasteiger partial charge in [-0.15, -0.1) is 0 Å². The van der Waals surface area contributed by atoms with Crippen molar-refractivity contribution in [1.82, 2.24) is 14.9 Å². The number of hydrogen-bond donors (Lipinski definition) is 0. The number of halogens is 1. The van der Waals surface area contributed by atoms with Crippen molar-refractivity contribution < 1.29 is 9.53 Å². The third kappa shape index (κ3) is 4.52. The maximum atomic E-state index is 12.6. The van der Waals surface area contributed by atoms with Crippen LogP contribution in [0.4, 0.5) is 4.79 Å². The molecular formula is C20H24ClN3O2. The quantitative estimate of drug-likeness (QED) is 0.775.